The molecule has 0 aliphatic carbocycles. The average molecular weight is 302 g/mol. The zero-order valence-corrected chi connectivity index (χ0v) is 13.4. The third-order valence-electron chi connectivity index (χ3n) is 3.03. The molecule has 1 N–H and O–H groups in total. The van der Waals surface area contributed by atoms with Crippen molar-refractivity contribution in [3.63, 3.8) is 0 Å². The maximum absolute atomic E-state index is 4.69. The van der Waals surface area contributed by atoms with Gasteiger partial charge in [-0.05, 0) is 30.5 Å². The Morgan fingerprint density at radius 2 is 2.24 bits per heavy atom. The van der Waals surface area contributed by atoms with E-state index in [-0.39, 0.29) is 0 Å². The highest BCUT2D eigenvalue weighted by Crippen LogP contribution is 2.10. The molecule has 112 valence electrons. The Morgan fingerprint density at radius 3 is 2.90 bits per heavy atom. The summed E-state index contributed by atoms with van der Waals surface area (Å²) in [6.45, 7) is 4.59. The van der Waals surface area contributed by atoms with Crippen molar-refractivity contribution in [1.29, 1.82) is 0 Å². The summed E-state index contributed by atoms with van der Waals surface area (Å²) in [5, 5.41) is 5.45. The Labute approximate surface area is 130 Å². The van der Waals surface area contributed by atoms with E-state index in [0.717, 1.165) is 37.7 Å². The van der Waals surface area contributed by atoms with E-state index >= 15 is 0 Å². The second-order valence-electron chi connectivity index (χ2n) is 4.74. The van der Waals surface area contributed by atoms with Gasteiger partial charge in [0.15, 0.2) is 5.96 Å². The number of pyridine rings is 1. The maximum atomic E-state index is 4.69. The number of nitrogens with zero attached hydrogens (tertiary/aromatic N) is 3. The van der Waals surface area contributed by atoms with E-state index in [4.69, 9.17) is 0 Å². The average Bonchev–Trinajstić information content (AvgIpc) is 3.00. The molecule has 5 heteroatoms. The second kappa shape index (κ2) is 8.42. The number of hydrogen-bond acceptors (Lipinski definition) is 3. The van der Waals surface area contributed by atoms with E-state index in [1.807, 2.05) is 24.4 Å². The largest absolute Gasteiger partial charge is 0.357 e. The van der Waals surface area contributed by atoms with Crippen LogP contribution in [0.15, 0.2) is 46.9 Å². The molecule has 0 aromatic carbocycles. The quantitative estimate of drug-likeness (QED) is 0.659. The molecule has 0 radical (unpaired) electrons. The molecular weight excluding hydrogens is 280 g/mol. The van der Waals surface area contributed by atoms with E-state index in [0.29, 0.717) is 0 Å². The number of rotatable bonds is 6. The van der Waals surface area contributed by atoms with Crippen LogP contribution in [0.5, 0.6) is 0 Å². The summed E-state index contributed by atoms with van der Waals surface area (Å²) in [6, 6.07) is 10.2. The Hall–Kier alpha value is -1.88. The van der Waals surface area contributed by atoms with Gasteiger partial charge in [0.25, 0.3) is 0 Å². The third-order valence-corrected chi connectivity index (χ3v) is 3.89. The zero-order chi connectivity index (χ0) is 14.9. The van der Waals surface area contributed by atoms with Crippen molar-refractivity contribution in [1.82, 2.24) is 15.2 Å². The summed E-state index contributed by atoms with van der Waals surface area (Å²) in [5.41, 5.74) is 1.08. The first-order valence-corrected chi connectivity index (χ1v) is 8.09. The lowest BCUT2D eigenvalue weighted by Gasteiger charge is -2.21. The van der Waals surface area contributed by atoms with Crippen LogP contribution in [0.1, 0.15) is 17.5 Å². The Bertz CT molecular complexity index is 537. The number of nitrogens with one attached hydrogen (secondary N) is 1. The summed E-state index contributed by atoms with van der Waals surface area (Å²) in [4.78, 5) is 12.5. The Kier molecular flexibility index (Phi) is 6.22. The molecule has 0 aliphatic heterocycles. The molecule has 0 fully saturated rings. The lowest BCUT2D eigenvalue weighted by molar-refractivity contribution is 0.481. The minimum atomic E-state index is 0.744. The van der Waals surface area contributed by atoms with Crippen LogP contribution in [0, 0.1) is 0 Å². The first-order chi connectivity index (χ1) is 10.3. The lowest BCUT2D eigenvalue weighted by atomic mass is 10.3. The summed E-state index contributed by atoms with van der Waals surface area (Å²) in [5.74, 6) is 0.946. The predicted molar refractivity (Wildman–Crippen MR) is 89.7 cm³/mol. The van der Waals surface area contributed by atoms with Gasteiger partial charge in [-0.2, -0.15) is 0 Å². The molecule has 2 rings (SSSR count). The van der Waals surface area contributed by atoms with Crippen molar-refractivity contribution >= 4 is 17.3 Å². The molecule has 0 atom stereocenters. The fraction of sp³-hybridized carbons (Fsp3) is 0.375. The van der Waals surface area contributed by atoms with Gasteiger partial charge in [-0.15, -0.1) is 11.3 Å². The van der Waals surface area contributed by atoms with Gasteiger partial charge < -0.3 is 10.2 Å². The van der Waals surface area contributed by atoms with Gasteiger partial charge >= 0.3 is 0 Å². The minimum absolute atomic E-state index is 0.744. The molecule has 0 saturated carbocycles. The van der Waals surface area contributed by atoms with Crippen LogP contribution in [0.25, 0.3) is 0 Å². The summed E-state index contributed by atoms with van der Waals surface area (Å²) >= 11 is 1.77. The van der Waals surface area contributed by atoms with Crippen molar-refractivity contribution in [3.05, 3.63) is 52.5 Å². The van der Waals surface area contributed by atoms with E-state index < -0.39 is 0 Å². The van der Waals surface area contributed by atoms with Gasteiger partial charge in [0.2, 0.25) is 0 Å². The van der Waals surface area contributed by atoms with E-state index in [2.05, 4.69) is 51.7 Å². The highest BCUT2D eigenvalue weighted by molar-refractivity contribution is 7.09. The number of thiophene rings is 1. The van der Waals surface area contributed by atoms with Gasteiger partial charge in [-0.3, -0.25) is 9.98 Å². The fourth-order valence-electron chi connectivity index (χ4n) is 2.00. The van der Waals surface area contributed by atoms with E-state index in [1.165, 1.54) is 4.88 Å². The molecule has 2 heterocycles. The number of hydrogen-bond donors (Lipinski definition) is 1. The molecule has 2 aromatic heterocycles. The topological polar surface area (TPSA) is 40.5 Å². The van der Waals surface area contributed by atoms with E-state index in [1.54, 1.807) is 11.3 Å². The molecule has 4 nitrogen and oxygen atoms in total. The number of aromatic nitrogens is 1. The molecule has 0 bridgehead atoms. The second-order valence-corrected chi connectivity index (χ2v) is 5.77. The first kappa shape index (κ1) is 15.5. The molecule has 0 spiro atoms. The van der Waals surface area contributed by atoms with Crippen LogP contribution >= 0.6 is 11.3 Å². The Balaban J connectivity index is 1.92. The van der Waals surface area contributed by atoms with Crippen molar-refractivity contribution in [2.75, 3.05) is 20.1 Å². The predicted octanol–water partition coefficient (Wildman–Crippen LogP) is 2.78. The molecule has 21 heavy (non-hydrogen) atoms. The summed E-state index contributed by atoms with van der Waals surface area (Å²) in [7, 11) is 2.07. The SMILES string of the molecule is CCNC(=NCCc1ccccn1)N(C)Cc1cccs1. The van der Waals surface area contributed by atoms with Crippen LogP contribution in [-0.2, 0) is 13.0 Å². The normalized spacial score (nSPS) is 11.4. The molecule has 0 amide bonds. The molecular formula is C16H22N4S. The standard InChI is InChI=1S/C16H22N4S/c1-3-17-16(20(2)13-15-8-6-12-21-15)19-11-9-14-7-4-5-10-18-14/h4-8,10,12H,3,9,11,13H2,1-2H3,(H,17,19). The highest BCUT2D eigenvalue weighted by Gasteiger charge is 2.06. The highest BCUT2D eigenvalue weighted by atomic mass is 32.1. The van der Waals surface area contributed by atoms with Crippen molar-refractivity contribution in [2.45, 2.75) is 19.9 Å². The summed E-state index contributed by atoms with van der Waals surface area (Å²) < 4.78 is 0. The monoisotopic (exact) mass is 302 g/mol. The van der Waals surface area contributed by atoms with Crippen LogP contribution < -0.4 is 5.32 Å². The molecule has 0 aliphatic rings. The Morgan fingerprint density at radius 1 is 1.33 bits per heavy atom. The van der Waals surface area contributed by atoms with Gasteiger partial charge in [0.05, 0.1) is 6.54 Å². The lowest BCUT2D eigenvalue weighted by Crippen LogP contribution is -2.38. The molecule has 2 aromatic rings. The smallest absolute Gasteiger partial charge is 0.193 e. The van der Waals surface area contributed by atoms with Gasteiger partial charge in [0, 0.05) is 43.3 Å². The van der Waals surface area contributed by atoms with Crippen molar-refractivity contribution in [3.8, 4) is 0 Å². The fourth-order valence-corrected chi connectivity index (χ4v) is 2.76. The van der Waals surface area contributed by atoms with Crippen LogP contribution in [0.2, 0.25) is 0 Å². The first-order valence-electron chi connectivity index (χ1n) is 7.21. The number of guanidine groups is 1. The van der Waals surface area contributed by atoms with Crippen LogP contribution in [0.4, 0.5) is 0 Å². The molecule has 0 unspecified atom stereocenters. The van der Waals surface area contributed by atoms with Gasteiger partial charge in [-0.25, -0.2) is 0 Å². The van der Waals surface area contributed by atoms with Crippen molar-refractivity contribution < 1.29 is 0 Å². The number of aliphatic imine (C=N–C) groups is 1. The maximum Gasteiger partial charge on any atom is 0.193 e. The third kappa shape index (κ3) is 5.19. The summed E-state index contributed by atoms with van der Waals surface area (Å²) in [6.07, 6.45) is 2.69. The molecule has 0 saturated heterocycles. The zero-order valence-electron chi connectivity index (χ0n) is 12.6. The van der Waals surface area contributed by atoms with Gasteiger partial charge in [-0.1, -0.05) is 12.1 Å². The van der Waals surface area contributed by atoms with Crippen molar-refractivity contribution in [2.24, 2.45) is 4.99 Å². The minimum Gasteiger partial charge on any atom is -0.357 e. The van der Waals surface area contributed by atoms with E-state index in [9.17, 15) is 0 Å². The van der Waals surface area contributed by atoms with Gasteiger partial charge in [0.1, 0.15) is 0 Å². The van der Waals surface area contributed by atoms with Crippen LogP contribution in [0.3, 0.4) is 0 Å². The van der Waals surface area contributed by atoms with Crippen LogP contribution in [-0.4, -0.2) is 36.0 Å².